The summed E-state index contributed by atoms with van der Waals surface area (Å²) in [5, 5.41) is 3.50. The molecular weight excluding hydrogens is 186 g/mol. The Morgan fingerprint density at radius 3 is 2.80 bits per heavy atom. The van der Waals surface area contributed by atoms with Crippen LogP contribution in [0.5, 0.6) is 5.75 Å². The van der Waals surface area contributed by atoms with Crippen LogP contribution in [-0.2, 0) is 6.54 Å². The van der Waals surface area contributed by atoms with Crippen LogP contribution in [-0.4, -0.2) is 13.7 Å². The Morgan fingerprint density at radius 2 is 2.13 bits per heavy atom. The molecule has 0 heterocycles. The molecule has 82 valence electrons. The Bertz CT molecular complexity index is 307. The molecule has 1 fully saturated rings. The maximum absolute atomic E-state index is 5.30. The largest absolute Gasteiger partial charge is 0.496 e. The summed E-state index contributed by atoms with van der Waals surface area (Å²) in [4.78, 5) is 0. The average Bonchev–Trinajstić information content (AvgIpc) is 2.22. The van der Waals surface area contributed by atoms with Crippen LogP contribution in [0.1, 0.15) is 24.8 Å². The summed E-state index contributed by atoms with van der Waals surface area (Å²) >= 11 is 0. The summed E-state index contributed by atoms with van der Waals surface area (Å²) in [6.07, 6.45) is 4.22. The van der Waals surface area contributed by atoms with Gasteiger partial charge in [0.15, 0.2) is 0 Å². The third-order valence-corrected chi connectivity index (χ3v) is 3.17. The SMILES string of the molecule is COc1ccccc1CNCC1CCC1. The van der Waals surface area contributed by atoms with E-state index in [9.17, 15) is 0 Å². The summed E-state index contributed by atoms with van der Waals surface area (Å²) in [5.74, 6) is 1.90. The van der Waals surface area contributed by atoms with Crippen molar-refractivity contribution in [3.05, 3.63) is 29.8 Å². The number of benzene rings is 1. The molecule has 2 nitrogen and oxygen atoms in total. The van der Waals surface area contributed by atoms with Gasteiger partial charge in [0.1, 0.15) is 5.75 Å². The molecule has 1 aliphatic carbocycles. The molecule has 0 amide bonds. The third-order valence-electron chi connectivity index (χ3n) is 3.17. The second kappa shape index (κ2) is 5.17. The third kappa shape index (κ3) is 2.72. The van der Waals surface area contributed by atoms with Gasteiger partial charge in [-0.15, -0.1) is 0 Å². The summed E-state index contributed by atoms with van der Waals surface area (Å²) in [7, 11) is 1.73. The van der Waals surface area contributed by atoms with Gasteiger partial charge < -0.3 is 10.1 Å². The lowest BCUT2D eigenvalue weighted by Crippen LogP contribution is -2.26. The lowest BCUT2D eigenvalue weighted by Gasteiger charge is -2.25. The van der Waals surface area contributed by atoms with Crippen LogP contribution in [0.25, 0.3) is 0 Å². The molecule has 0 atom stereocenters. The van der Waals surface area contributed by atoms with Crippen LogP contribution in [0.3, 0.4) is 0 Å². The Kier molecular flexibility index (Phi) is 3.62. The van der Waals surface area contributed by atoms with Crippen LogP contribution in [0, 0.1) is 5.92 Å². The van der Waals surface area contributed by atoms with Crippen LogP contribution >= 0.6 is 0 Å². The smallest absolute Gasteiger partial charge is 0.123 e. The maximum Gasteiger partial charge on any atom is 0.123 e. The van der Waals surface area contributed by atoms with Crippen molar-refractivity contribution in [1.29, 1.82) is 0 Å². The number of ether oxygens (including phenoxy) is 1. The highest BCUT2D eigenvalue weighted by molar-refractivity contribution is 5.32. The van der Waals surface area contributed by atoms with Crippen molar-refractivity contribution >= 4 is 0 Å². The van der Waals surface area contributed by atoms with Gasteiger partial charge in [0.2, 0.25) is 0 Å². The van der Waals surface area contributed by atoms with Gasteiger partial charge in [0.05, 0.1) is 7.11 Å². The lowest BCUT2D eigenvalue weighted by molar-refractivity contribution is 0.300. The topological polar surface area (TPSA) is 21.3 Å². The monoisotopic (exact) mass is 205 g/mol. The molecule has 15 heavy (non-hydrogen) atoms. The van der Waals surface area contributed by atoms with Gasteiger partial charge in [-0.3, -0.25) is 0 Å². The zero-order valence-corrected chi connectivity index (χ0v) is 9.33. The van der Waals surface area contributed by atoms with Crippen molar-refractivity contribution < 1.29 is 4.74 Å². The van der Waals surface area contributed by atoms with E-state index < -0.39 is 0 Å². The van der Waals surface area contributed by atoms with E-state index in [-0.39, 0.29) is 0 Å². The van der Waals surface area contributed by atoms with Crippen molar-refractivity contribution in [2.75, 3.05) is 13.7 Å². The maximum atomic E-state index is 5.30. The second-order valence-electron chi connectivity index (χ2n) is 4.24. The highest BCUT2D eigenvalue weighted by atomic mass is 16.5. The minimum atomic E-state index is 0.916. The zero-order chi connectivity index (χ0) is 10.5. The molecule has 0 aromatic heterocycles. The molecule has 1 aromatic rings. The lowest BCUT2D eigenvalue weighted by atomic mass is 9.85. The van der Waals surface area contributed by atoms with Gasteiger partial charge in [0.25, 0.3) is 0 Å². The molecule has 1 aliphatic rings. The Morgan fingerprint density at radius 1 is 1.33 bits per heavy atom. The van der Waals surface area contributed by atoms with Crippen molar-refractivity contribution in [2.24, 2.45) is 5.92 Å². The van der Waals surface area contributed by atoms with Gasteiger partial charge in [-0.25, -0.2) is 0 Å². The molecule has 0 aliphatic heterocycles. The zero-order valence-electron chi connectivity index (χ0n) is 9.33. The molecule has 2 heteroatoms. The minimum absolute atomic E-state index is 0.916. The van der Waals surface area contributed by atoms with Crippen molar-refractivity contribution in [1.82, 2.24) is 5.32 Å². The molecule has 0 radical (unpaired) electrons. The number of hydrogen-bond donors (Lipinski definition) is 1. The molecule has 1 aromatic carbocycles. The van der Waals surface area contributed by atoms with E-state index in [1.54, 1.807) is 7.11 Å². The highest BCUT2D eigenvalue weighted by Crippen LogP contribution is 2.25. The van der Waals surface area contributed by atoms with Gasteiger partial charge in [-0.05, 0) is 31.4 Å². The van der Waals surface area contributed by atoms with E-state index >= 15 is 0 Å². The first-order chi connectivity index (χ1) is 7.40. The quantitative estimate of drug-likeness (QED) is 0.797. The molecule has 1 saturated carbocycles. The average molecular weight is 205 g/mol. The predicted molar refractivity (Wildman–Crippen MR) is 62.0 cm³/mol. The summed E-state index contributed by atoms with van der Waals surface area (Å²) in [6, 6.07) is 8.20. The van der Waals surface area contributed by atoms with Gasteiger partial charge in [-0.2, -0.15) is 0 Å². The standard InChI is InChI=1S/C13H19NO/c1-15-13-8-3-2-7-12(13)10-14-9-11-5-4-6-11/h2-3,7-8,11,14H,4-6,9-10H2,1H3. The van der Waals surface area contributed by atoms with Crippen LogP contribution < -0.4 is 10.1 Å². The van der Waals surface area contributed by atoms with E-state index in [4.69, 9.17) is 4.74 Å². The molecule has 1 N–H and O–H groups in total. The highest BCUT2D eigenvalue weighted by Gasteiger charge is 2.16. The first kappa shape index (κ1) is 10.5. The van der Waals surface area contributed by atoms with Crippen LogP contribution in [0.4, 0.5) is 0 Å². The molecule has 2 rings (SSSR count). The number of hydrogen-bond acceptors (Lipinski definition) is 2. The Balaban J connectivity index is 1.81. The second-order valence-corrected chi connectivity index (χ2v) is 4.24. The van der Waals surface area contributed by atoms with Crippen molar-refractivity contribution in [3.8, 4) is 5.75 Å². The first-order valence-electron chi connectivity index (χ1n) is 5.73. The van der Waals surface area contributed by atoms with E-state index in [1.807, 2.05) is 12.1 Å². The summed E-state index contributed by atoms with van der Waals surface area (Å²) in [5.41, 5.74) is 1.25. The minimum Gasteiger partial charge on any atom is -0.496 e. The van der Waals surface area contributed by atoms with Gasteiger partial charge >= 0.3 is 0 Å². The fourth-order valence-electron chi connectivity index (χ4n) is 1.96. The Labute approximate surface area is 91.6 Å². The summed E-state index contributed by atoms with van der Waals surface area (Å²) < 4.78 is 5.30. The number of para-hydroxylation sites is 1. The number of nitrogens with one attached hydrogen (secondary N) is 1. The van der Waals surface area contributed by atoms with E-state index in [1.165, 1.54) is 24.8 Å². The van der Waals surface area contributed by atoms with Crippen LogP contribution in [0.2, 0.25) is 0 Å². The predicted octanol–water partition coefficient (Wildman–Crippen LogP) is 2.58. The van der Waals surface area contributed by atoms with E-state index in [0.717, 1.165) is 24.8 Å². The fraction of sp³-hybridized carbons (Fsp3) is 0.538. The Hall–Kier alpha value is -1.02. The number of rotatable bonds is 5. The number of methoxy groups -OCH3 is 1. The first-order valence-corrected chi connectivity index (χ1v) is 5.73. The molecule has 0 bridgehead atoms. The molecule has 0 spiro atoms. The molecule has 0 unspecified atom stereocenters. The van der Waals surface area contributed by atoms with Gasteiger partial charge in [0, 0.05) is 12.1 Å². The van der Waals surface area contributed by atoms with E-state index in [2.05, 4.69) is 17.4 Å². The normalized spacial score (nSPS) is 16.1. The van der Waals surface area contributed by atoms with Crippen molar-refractivity contribution in [3.63, 3.8) is 0 Å². The van der Waals surface area contributed by atoms with Crippen LogP contribution in [0.15, 0.2) is 24.3 Å². The van der Waals surface area contributed by atoms with E-state index in [0.29, 0.717) is 0 Å². The fourth-order valence-corrected chi connectivity index (χ4v) is 1.96. The summed E-state index contributed by atoms with van der Waals surface area (Å²) in [6.45, 7) is 2.07. The van der Waals surface area contributed by atoms with Gasteiger partial charge in [-0.1, -0.05) is 24.6 Å². The molecular formula is C13H19NO. The van der Waals surface area contributed by atoms with Crippen molar-refractivity contribution in [2.45, 2.75) is 25.8 Å². The molecule has 0 saturated heterocycles.